The Morgan fingerprint density at radius 3 is 2.75 bits per heavy atom. The third-order valence-electron chi connectivity index (χ3n) is 3.78. The molecule has 1 amide bonds. The fourth-order valence-corrected chi connectivity index (χ4v) is 2.39. The van der Waals surface area contributed by atoms with Crippen LogP contribution >= 0.6 is 0 Å². The monoisotopic (exact) mass is 331 g/mol. The highest BCUT2D eigenvalue weighted by Crippen LogP contribution is 2.06. The van der Waals surface area contributed by atoms with Crippen LogP contribution in [0.25, 0.3) is 10.9 Å². The first-order chi connectivity index (χ1) is 11.5. The van der Waals surface area contributed by atoms with Gasteiger partial charge in [0.2, 0.25) is 5.91 Å². The van der Waals surface area contributed by atoms with Crippen molar-refractivity contribution in [1.82, 2.24) is 14.9 Å². The van der Waals surface area contributed by atoms with Crippen LogP contribution in [0.3, 0.4) is 0 Å². The molecule has 2 N–H and O–H groups in total. The lowest BCUT2D eigenvalue weighted by molar-refractivity contribution is -0.141. The Kier molecular flexibility index (Phi) is 6.06. The SMILES string of the molecule is CC(NC(=O)CCCCCn1cnc2ccccc2c1=O)C(=O)O. The number of rotatable bonds is 8. The normalized spacial score (nSPS) is 12.0. The van der Waals surface area contributed by atoms with E-state index >= 15 is 0 Å². The van der Waals surface area contributed by atoms with E-state index in [-0.39, 0.29) is 17.9 Å². The Morgan fingerprint density at radius 1 is 1.25 bits per heavy atom. The molecule has 2 aromatic rings. The van der Waals surface area contributed by atoms with Crippen molar-refractivity contribution in [3.05, 3.63) is 40.9 Å². The number of fused-ring (bicyclic) bond motifs is 1. The van der Waals surface area contributed by atoms with Crippen LogP contribution in [-0.4, -0.2) is 32.6 Å². The minimum absolute atomic E-state index is 0.0615. The predicted octanol–water partition coefficient (Wildman–Crippen LogP) is 1.55. The maximum Gasteiger partial charge on any atom is 0.325 e. The van der Waals surface area contributed by atoms with Gasteiger partial charge in [0.15, 0.2) is 0 Å². The van der Waals surface area contributed by atoms with Crippen molar-refractivity contribution in [2.75, 3.05) is 0 Å². The molecular formula is C17H21N3O4. The van der Waals surface area contributed by atoms with Crippen molar-refractivity contribution in [2.45, 2.75) is 45.2 Å². The maximum absolute atomic E-state index is 12.3. The fraction of sp³-hybridized carbons (Fsp3) is 0.412. The lowest BCUT2D eigenvalue weighted by Crippen LogP contribution is -2.38. The number of nitrogens with zero attached hydrogens (tertiary/aromatic N) is 2. The molecule has 0 saturated carbocycles. The van der Waals surface area contributed by atoms with Gasteiger partial charge in [-0.2, -0.15) is 0 Å². The van der Waals surface area contributed by atoms with Crippen LogP contribution < -0.4 is 10.9 Å². The number of unbranched alkanes of at least 4 members (excludes halogenated alkanes) is 2. The van der Waals surface area contributed by atoms with E-state index < -0.39 is 12.0 Å². The third-order valence-corrected chi connectivity index (χ3v) is 3.78. The highest BCUT2D eigenvalue weighted by Gasteiger charge is 2.13. The van der Waals surface area contributed by atoms with E-state index in [0.29, 0.717) is 23.9 Å². The van der Waals surface area contributed by atoms with E-state index in [0.717, 1.165) is 12.8 Å². The number of benzene rings is 1. The summed E-state index contributed by atoms with van der Waals surface area (Å²) >= 11 is 0. The van der Waals surface area contributed by atoms with Crippen molar-refractivity contribution >= 4 is 22.8 Å². The van der Waals surface area contributed by atoms with Gasteiger partial charge in [-0.05, 0) is 31.9 Å². The molecule has 0 aliphatic carbocycles. The number of hydrogen-bond acceptors (Lipinski definition) is 4. The molecule has 1 heterocycles. The van der Waals surface area contributed by atoms with E-state index in [1.54, 1.807) is 23.0 Å². The van der Waals surface area contributed by atoms with Gasteiger partial charge in [0.05, 0.1) is 17.2 Å². The van der Waals surface area contributed by atoms with Gasteiger partial charge in [-0.15, -0.1) is 0 Å². The van der Waals surface area contributed by atoms with Gasteiger partial charge in [0.1, 0.15) is 6.04 Å². The summed E-state index contributed by atoms with van der Waals surface area (Å²) < 4.78 is 1.58. The molecule has 0 aliphatic rings. The van der Waals surface area contributed by atoms with Crippen LogP contribution in [0.15, 0.2) is 35.4 Å². The molecule has 0 radical (unpaired) electrons. The number of carboxylic acid groups (broad SMARTS) is 1. The van der Waals surface area contributed by atoms with Gasteiger partial charge < -0.3 is 10.4 Å². The van der Waals surface area contributed by atoms with E-state index in [1.165, 1.54) is 6.92 Å². The van der Waals surface area contributed by atoms with Gasteiger partial charge in [-0.1, -0.05) is 18.6 Å². The quantitative estimate of drug-likeness (QED) is 0.715. The first-order valence-electron chi connectivity index (χ1n) is 7.95. The second kappa shape index (κ2) is 8.24. The number of aliphatic carboxylic acids is 1. The molecule has 1 atom stereocenters. The molecule has 128 valence electrons. The van der Waals surface area contributed by atoms with Gasteiger partial charge in [0, 0.05) is 13.0 Å². The highest BCUT2D eigenvalue weighted by atomic mass is 16.4. The maximum atomic E-state index is 12.3. The van der Waals surface area contributed by atoms with E-state index in [4.69, 9.17) is 5.11 Å². The topological polar surface area (TPSA) is 101 Å². The van der Waals surface area contributed by atoms with Gasteiger partial charge >= 0.3 is 5.97 Å². The Bertz CT molecular complexity index is 785. The zero-order valence-electron chi connectivity index (χ0n) is 13.6. The fourth-order valence-electron chi connectivity index (χ4n) is 2.39. The molecule has 1 aromatic heterocycles. The summed E-state index contributed by atoms with van der Waals surface area (Å²) in [6.07, 6.45) is 4.00. The Morgan fingerprint density at radius 2 is 2.00 bits per heavy atom. The number of nitrogens with one attached hydrogen (secondary N) is 1. The Labute approximate surface area is 139 Å². The van der Waals surface area contributed by atoms with E-state index in [2.05, 4.69) is 10.3 Å². The third kappa shape index (κ3) is 4.65. The van der Waals surface area contributed by atoms with E-state index in [9.17, 15) is 14.4 Å². The highest BCUT2D eigenvalue weighted by molar-refractivity contribution is 5.83. The number of para-hydroxylation sites is 1. The van der Waals surface area contributed by atoms with Crippen molar-refractivity contribution < 1.29 is 14.7 Å². The lowest BCUT2D eigenvalue weighted by Gasteiger charge is -2.09. The molecule has 0 spiro atoms. The average Bonchev–Trinajstić information content (AvgIpc) is 2.56. The van der Waals surface area contributed by atoms with Crippen LogP contribution in [0, 0.1) is 0 Å². The number of aromatic nitrogens is 2. The number of hydrogen-bond donors (Lipinski definition) is 2. The molecule has 0 bridgehead atoms. The summed E-state index contributed by atoms with van der Waals surface area (Å²) in [5.41, 5.74) is 0.622. The van der Waals surface area contributed by atoms with Crippen molar-refractivity contribution in [1.29, 1.82) is 0 Å². The summed E-state index contributed by atoms with van der Waals surface area (Å²) in [4.78, 5) is 38.7. The molecule has 1 aromatic carbocycles. The van der Waals surface area contributed by atoms with Crippen LogP contribution in [-0.2, 0) is 16.1 Å². The molecule has 24 heavy (non-hydrogen) atoms. The number of amides is 1. The van der Waals surface area contributed by atoms with Gasteiger partial charge in [0.25, 0.3) is 5.56 Å². The molecule has 7 heteroatoms. The van der Waals surface area contributed by atoms with Gasteiger partial charge in [-0.25, -0.2) is 4.98 Å². The minimum atomic E-state index is -1.05. The summed E-state index contributed by atoms with van der Waals surface area (Å²) in [6, 6.07) is 6.34. The Balaban J connectivity index is 1.77. The molecule has 2 rings (SSSR count). The van der Waals surface area contributed by atoms with Crippen LogP contribution in [0.5, 0.6) is 0 Å². The first-order valence-corrected chi connectivity index (χ1v) is 7.95. The molecule has 0 fully saturated rings. The lowest BCUT2D eigenvalue weighted by atomic mass is 10.1. The summed E-state index contributed by atoms with van der Waals surface area (Å²) in [7, 11) is 0. The molecule has 0 saturated heterocycles. The summed E-state index contributed by atoms with van der Waals surface area (Å²) in [5, 5.41) is 11.7. The summed E-state index contributed by atoms with van der Waals surface area (Å²) in [6.45, 7) is 1.98. The van der Waals surface area contributed by atoms with E-state index in [1.807, 2.05) is 12.1 Å². The molecule has 1 unspecified atom stereocenters. The zero-order valence-corrected chi connectivity index (χ0v) is 13.6. The second-order valence-electron chi connectivity index (χ2n) is 5.70. The van der Waals surface area contributed by atoms with Crippen molar-refractivity contribution in [2.24, 2.45) is 0 Å². The number of carbonyl (C=O) groups is 2. The molecule has 7 nitrogen and oxygen atoms in total. The second-order valence-corrected chi connectivity index (χ2v) is 5.70. The standard InChI is InChI=1S/C17H21N3O4/c1-12(17(23)24)19-15(21)9-3-2-6-10-20-11-18-14-8-5-4-7-13(14)16(20)22/h4-5,7-8,11-12H,2-3,6,9-10H2,1H3,(H,19,21)(H,23,24). The number of aryl methyl sites for hydroxylation is 1. The molecule has 0 aliphatic heterocycles. The predicted molar refractivity (Wildman–Crippen MR) is 89.7 cm³/mol. The largest absolute Gasteiger partial charge is 0.480 e. The average molecular weight is 331 g/mol. The number of carboxylic acids is 1. The first kappa shape index (κ1) is 17.7. The smallest absolute Gasteiger partial charge is 0.325 e. The van der Waals surface area contributed by atoms with Gasteiger partial charge in [-0.3, -0.25) is 19.0 Å². The molecular weight excluding hydrogens is 310 g/mol. The Hall–Kier alpha value is -2.70. The van der Waals surface area contributed by atoms with Crippen molar-refractivity contribution in [3.8, 4) is 0 Å². The zero-order chi connectivity index (χ0) is 17.5. The van der Waals surface area contributed by atoms with Crippen LogP contribution in [0.2, 0.25) is 0 Å². The van der Waals surface area contributed by atoms with Crippen LogP contribution in [0.4, 0.5) is 0 Å². The number of carbonyl (C=O) groups excluding carboxylic acids is 1. The summed E-state index contributed by atoms with van der Waals surface area (Å²) in [5.74, 6) is -1.32. The van der Waals surface area contributed by atoms with Crippen LogP contribution in [0.1, 0.15) is 32.6 Å². The minimum Gasteiger partial charge on any atom is -0.480 e. The van der Waals surface area contributed by atoms with Crippen molar-refractivity contribution in [3.63, 3.8) is 0 Å².